The van der Waals surface area contributed by atoms with Crippen LogP contribution in [-0.4, -0.2) is 31.4 Å². The average molecular weight is 257 g/mol. The van der Waals surface area contributed by atoms with Crippen molar-refractivity contribution in [3.63, 3.8) is 0 Å². The van der Waals surface area contributed by atoms with Crippen molar-refractivity contribution >= 4 is 11.8 Å². The van der Waals surface area contributed by atoms with E-state index in [-0.39, 0.29) is 17.7 Å². The molecule has 0 radical (unpaired) electrons. The van der Waals surface area contributed by atoms with Crippen LogP contribution in [0.2, 0.25) is 0 Å². The van der Waals surface area contributed by atoms with Gasteiger partial charge >= 0.3 is 0 Å². The molecule has 0 aliphatic carbocycles. The first kappa shape index (κ1) is 16.9. The van der Waals surface area contributed by atoms with Crippen molar-refractivity contribution in [1.29, 1.82) is 0 Å². The summed E-state index contributed by atoms with van der Waals surface area (Å²) in [4.78, 5) is 23.5. The standard InChI is InChI=1S/C13H27N3O2/c1-5-10(8-14)7-12(17)16-11(6-9(2)3)13(18)15-4/h9-11H,5-8,14H2,1-4H3,(H,15,18)(H,16,17). The van der Waals surface area contributed by atoms with Crippen molar-refractivity contribution in [2.24, 2.45) is 17.6 Å². The van der Waals surface area contributed by atoms with E-state index >= 15 is 0 Å². The smallest absolute Gasteiger partial charge is 0.242 e. The largest absolute Gasteiger partial charge is 0.357 e. The Morgan fingerprint density at radius 1 is 1.28 bits per heavy atom. The summed E-state index contributed by atoms with van der Waals surface area (Å²) >= 11 is 0. The number of amides is 2. The first-order valence-corrected chi connectivity index (χ1v) is 6.65. The van der Waals surface area contributed by atoms with Crippen molar-refractivity contribution in [2.75, 3.05) is 13.6 Å². The zero-order valence-corrected chi connectivity index (χ0v) is 12.0. The fourth-order valence-electron chi connectivity index (χ4n) is 1.79. The van der Waals surface area contributed by atoms with E-state index in [1.54, 1.807) is 7.05 Å². The molecule has 0 rings (SSSR count). The quantitative estimate of drug-likeness (QED) is 0.596. The maximum absolute atomic E-state index is 11.8. The highest BCUT2D eigenvalue weighted by molar-refractivity contribution is 5.87. The average Bonchev–Trinajstić information content (AvgIpc) is 2.33. The van der Waals surface area contributed by atoms with Crippen LogP contribution in [0, 0.1) is 11.8 Å². The molecule has 0 aromatic heterocycles. The Hall–Kier alpha value is -1.10. The fraction of sp³-hybridized carbons (Fsp3) is 0.846. The van der Waals surface area contributed by atoms with Crippen molar-refractivity contribution < 1.29 is 9.59 Å². The molecule has 0 aromatic carbocycles. The normalized spacial score (nSPS) is 14.1. The number of carbonyl (C=O) groups is 2. The third-order valence-electron chi connectivity index (χ3n) is 2.99. The number of rotatable bonds is 8. The van der Waals surface area contributed by atoms with E-state index in [1.807, 2.05) is 20.8 Å². The zero-order chi connectivity index (χ0) is 14.1. The van der Waals surface area contributed by atoms with Crippen LogP contribution < -0.4 is 16.4 Å². The van der Waals surface area contributed by atoms with Crippen molar-refractivity contribution in [2.45, 2.75) is 46.1 Å². The van der Waals surface area contributed by atoms with Crippen LogP contribution in [0.4, 0.5) is 0 Å². The summed E-state index contributed by atoms with van der Waals surface area (Å²) in [6.45, 7) is 6.56. The lowest BCUT2D eigenvalue weighted by atomic mass is 10.00. The lowest BCUT2D eigenvalue weighted by Gasteiger charge is -2.20. The van der Waals surface area contributed by atoms with Gasteiger partial charge in [-0.3, -0.25) is 9.59 Å². The highest BCUT2D eigenvalue weighted by Crippen LogP contribution is 2.08. The van der Waals surface area contributed by atoms with E-state index in [4.69, 9.17) is 5.73 Å². The predicted molar refractivity (Wildman–Crippen MR) is 72.9 cm³/mol. The summed E-state index contributed by atoms with van der Waals surface area (Å²) in [5, 5.41) is 5.37. The Balaban J connectivity index is 4.38. The Morgan fingerprint density at radius 3 is 2.28 bits per heavy atom. The van der Waals surface area contributed by atoms with E-state index in [1.165, 1.54) is 0 Å². The molecule has 2 unspecified atom stereocenters. The van der Waals surface area contributed by atoms with Gasteiger partial charge in [0.2, 0.25) is 11.8 Å². The molecule has 0 heterocycles. The van der Waals surface area contributed by atoms with Gasteiger partial charge in [0.15, 0.2) is 0 Å². The van der Waals surface area contributed by atoms with Crippen LogP contribution in [-0.2, 0) is 9.59 Å². The van der Waals surface area contributed by atoms with Gasteiger partial charge in [-0.2, -0.15) is 0 Å². The molecular weight excluding hydrogens is 230 g/mol. The van der Waals surface area contributed by atoms with Crippen LogP contribution in [0.15, 0.2) is 0 Å². The van der Waals surface area contributed by atoms with E-state index in [0.717, 1.165) is 6.42 Å². The van der Waals surface area contributed by atoms with Gasteiger partial charge in [-0.15, -0.1) is 0 Å². The van der Waals surface area contributed by atoms with Gasteiger partial charge in [-0.25, -0.2) is 0 Å². The SMILES string of the molecule is CCC(CN)CC(=O)NC(CC(C)C)C(=O)NC. The molecular formula is C13H27N3O2. The summed E-state index contributed by atoms with van der Waals surface area (Å²) < 4.78 is 0. The highest BCUT2D eigenvalue weighted by Gasteiger charge is 2.21. The summed E-state index contributed by atoms with van der Waals surface area (Å²) in [5.74, 6) is 0.304. The minimum Gasteiger partial charge on any atom is -0.357 e. The molecule has 2 amide bonds. The number of likely N-dealkylation sites (N-methyl/N-ethyl adjacent to an activating group) is 1. The van der Waals surface area contributed by atoms with Crippen molar-refractivity contribution in [3.05, 3.63) is 0 Å². The number of hydrogen-bond acceptors (Lipinski definition) is 3. The lowest BCUT2D eigenvalue weighted by molar-refractivity contribution is -0.129. The van der Waals surface area contributed by atoms with Crippen molar-refractivity contribution in [1.82, 2.24) is 10.6 Å². The lowest BCUT2D eigenvalue weighted by Crippen LogP contribution is -2.46. The van der Waals surface area contributed by atoms with Crippen LogP contribution in [0.1, 0.15) is 40.0 Å². The topological polar surface area (TPSA) is 84.2 Å². The van der Waals surface area contributed by atoms with Crippen LogP contribution in [0.5, 0.6) is 0 Å². The second-order valence-electron chi connectivity index (χ2n) is 5.08. The molecule has 106 valence electrons. The maximum Gasteiger partial charge on any atom is 0.242 e. The fourth-order valence-corrected chi connectivity index (χ4v) is 1.79. The molecule has 18 heavy (non-hydrogen) atoms. The molecule has 0 saturated heterocycles. The second-order valence-corrected chi connectivity index (χ2v) is 5.08. The maximum atomic E-state index is 11.8. The first-order valence-electron chi connectivity index (χ1n) is 6.65. The van der Waals surface area contributed by atoms with Crippen LogP contribution in [0.3, 0.4) is 0 Å². The third kappa shape index (κ3) is 6.59. The molecule has 4 N–H and O–H groups in total. The minimum atomic E-state index is -0.446. The second kappa shape index (κ2) is 8.91. The molecule has 0 aromatic rings. The molecule has 2 atom stereocenters. The van der Waals surface area contributed by atoms with E-state index in [9.17, 15) is 9.59 Å². The van der Waals surface area contributed by atoms with E-state index in [0.29, 0.717) is 25.3 Å². The summed E-state index contributed by atoms with van der Waals surface area (Å²) in [7, 11) is 1.58. The Bertz CT molecular complexity index is 263. The van der Waals surface area contributed by atoms with Gasteiger partial charge in [0.1, 0.15) is 6.04 Å². The number of carbonyl (C=O) groups excluding carboxylic acids is 2. The van der Waals surface area contributed by atoms with E-state index in [2.05, 4.69) is 10.6 Å². The Labute approximate surface area is 110 Å². The zero-order valence-electron chi connectivity index (χ0n) is 12.0. The van der Waals surface area contributed by atoms with Gasteiger partial charge in [-0.05, 0) is 24.8 Å². The van der Waals surface area contributed by atoms with Crippen LogP contribution >= 0.6 is 0 Å². The molecule has 0 aliphatic heterocycles. The molecule has 0 aliphatic rings. The molecule has 0 fully saturated rings. The number of nitrogens with two attached hydrogens (primary N) is 1. The van der Waals surface area contributed by atoms with Gasteiger partial charge in [-0.1, -0.05) is 27.2 Å². The summed E-state index contributed by atoms with van der Waals surface area (Å²) in [6, 6.07) is -0.446. The third-order valence-corrected chi connectivity index (χ3v) is 2.99. The Kier molecular flexibility index (Phi) is 8.37. The number of nitrogens with one attached hydrogen (secondary N) is 2. The molecule has 5 nitrogen and oxygen atoms in total. The monoisotopic (exact) mass is 257 g/mol. The minimum absolute atomic E-state index is 0.0958. The molecule has 0 bridgehead atoms. The molecule has 0 spiro atoms. The summed E-state index contributed by atoms with van der Waals surface area (Å²) in [5.41, 5.74) is 5.57. The van der Waals surface area contributed by atoms with Gasteiger partial charge in [0.25, 0.3) is 0 Å². The number of hydrogen-bond donors (Lipinski definition) is 3. The van der Waals surface area contributed by atoms with Crippen LogP contribution in [0.25, 0.3) is 0 Å². The van der Waals surface area contributed by atoms with Gasteiger partial charge < -0.3 is 16.4 Å². The molecule has 0 saturated carbocycles. The predicted octanol–water partition coefficient (Wildman–Crippen LogP) is 0.638. The van der Waals surface area contributed by atoms with Gasteiger partial charge in [0, 0.05) is 13.5 Å². The molecule has 5 heteroatoms. The van der Waals surface area contributed by atoms with E-state index < -0.39 is 6.04 Å². The Morgan fingerprint density at radius 2 is 1.89 bits per heavy atom. The van der Waals surface area contributed by atoms with Gasteiger partial charge in [0.05, 0.1) is 0 Å². The first-order chi connectivity index (χ1) is 8.44. The van der Waals surface area contributed by atoms with Crippen molar-refractivity contribution in [3.8, 4) is 0 Å². The highest BCUT2D eigenvalue weighted by atomic mass is 16.2. The summed E-state index contributed by atoms with van der Waals surface area (Å²) in [6.07, 6.45) is 1.90.